The maximum absolute atomic E-state index is 13.7. The molecule has 1 unspecified atom stereocenters. The molecule has 5 amide bonds. The second-order valence-electron chi connectivity index (χ2n) is 9.74. The van der Waals surface area contributed by atoms with Gasteiger partial charge in [0, 0.05) is 43.5 Å². The van der Waals surface area contributed by atoms with Gasteiger partial charge in [0.15, 0.2) is 18.2 Å². The van der Waals surface area contributed by atoms with Crippen LogP contribution >= 0.6 is 0 Å². The molecule has 2 aliphatic rings. The SMILES string of the molecule is CCN1CCN(C(=O)NC(C(=O)C[C@H]2Cc3cccc(C(=O)O)c3OB2O)c2ccc[n+](CC(N)=O)c2)C(=O)C1=O. The summed E-state index contributed by atoms with van der Waals surface area (Å²) in [5.41, 5.74) is 5.92. The molecule has 0 bridgehead atoms. The number of aromatic nitrogens is 1. The van der Waals surface area contributed by atoms with Crippen LogP contribution in [0.25, 0.3) is 0 Å². The van der Waals surface area contributed by atoms with Gasteiger partial charge in [-0.3, -0.25) is 24.1 Å². The molecule has 14 nitrogen and oxygen atoms in total. The molecule has 1 fully saturated rings. The summed E-state index contributed by atoms with van der Waals surface area (Å²) in [6.45, 7) is 1.87. The van der Waals surface area contributed by atoms with Crippen molar-refractivity contribution in [3.63, 3.8) is 0 Å². The summed E-state index contributed by atoms with van der Waals surface area (Å²) in [6.07, 6.45) is 2.80. The number of hydrogen-bond donors (Lipinski definition) is 4. The zero-order chi connectivity index (χ0) is 29.8. The summed E-state index contributed by atoms with van der Waals surface area (Å²) in [5.74, 6) is -5.07. The fourth-order valence-corrected chi connectivity index (χ4v) is 4.92. The molecule has 5 N–H and O–H groups in total. The van der Waals surface area contributed by atoms with E-state index in [0.717, 1.165) is 4.90 Å². The number of nitrogens with zero attached hydrogens (tertiary/aromatic N) is 3. The van der Waals surface area contributed by atoms with Crippen LogP contribution in [0.3, 0.4) is 0 Å². The molecule has 0 spiro atoms. The number of ketones is 1. The van der Waals surface area contributed by atoms with Gasteiger partial charge in [0.25, 0.3) is 5.91 Å². The monoisotopic (exact) mass is 566 g/mol. The van der Waals surface area contributed by atoms with E-state index in [-0.39, 0.29) is 49.4 Å². The number of nitrogens with one attached hydrogen (secondary N) is 1. The highest BCUT2D eigenvalue weighted by atomic mass is 16.5. The number of fused-ring (bicyclic) bond motifs is 1. The minimum absolute atomic E-state index is 0.0194. The van der Waals surface area contributed by atoms with Crippen molar-refractivity contribution in [1.29, 1.82) is 0 Å². The van der Waals surface area contributed by atoms with Gasteiger partial charge in [-0.1, -0.05) is 12.1 Å². The summed E-state index contributed by atoms with van der Waals surface area (Å²) in [7, 11) is -1.51. The summed E-state index contributed by atoms with van der Waals surface area (Å²) in [4.78, 5) is 76.8. The molecular weight excluding hydrogens is 537 g/mol. The van der Waals surface area contributed by atoms with Crippen molar-refractivity contribution in [3.8, 4) is 5.75 Å². The maximum atomic E-state index is 13.7. The van der Waals surface area contributed by atoms with Gasteiger partial charge in [-0.2, -0.15) is 4.57 Å². The van der Waals surface area contributed by atoms with Crippen LogP contribution in [0.5, 0.6) is 5.75 Å². The molecule has 0 saturated carbocycles. The minimum Gasteiger partial charge on any atom is -0.535 e. The Labute approximate surface area is 234 Å². The van der Waals surface area contributed by atoms with E-state index in [2.05, 4.69) is 5.32 Å². The predicted molar refractivity (Wildman–Crippen MR) is 140 cm³/mol. The number of para-hydroxylation sites is 1. The molecule has 1 aromatic carbocycles. The third-order valence-corrected chi connectivity index (χ3v) is 6.99. The van der Waals surface area contributed by atoms with Crippen molar-refractivity contribution in [2.75, 3.05) is 19.6 Å². The van der Waals surface area contributed by atoms with Crippen LogP contribution < -0.4 is 20.3 Å². The highest BCUT2D eigenvalue weighted by Crippen LogP contribution is 2.37. The number of urea groups is 1. The average molecular weight is 566 g/mol. The average Bonchev–Trinajstić information content (AvgIpc) is 2.92. The van der Waals surface area contributed by atoms with Crippen molar-refractivity contribution >= 4 is 42.6 Å². The van der Waals surface area contributed by atoms with Crippen LogP contribution in [-0.2, 0) is 32.1 Å². The smallest absolute Gasteiger partial charge is 0.526 e. The van der Waals surface area contributed by atoms with Crippen LogP contribution in [0.1, 0.15) is 40.9 Å². The van der Waals surface area contributed by atoms with E-state index < -0.39 is 54.5 Å². The van der Waals surface area contributed by atoms with Crippen LogP contribution in [0.4, 0.5) is 4.79 Å². The zero-order valence-corrected chi connectivity index (χ0v) is 22.2. The number of hydrogen-bond acceptors (Lipinski definition) is 8. The Morgan fingerprint density at radius 2 is 1.93 bits per heavy atom. The van der Waals surface area contributed by atoms with E-state index >= 15 is 0 Å². The fourth-order valence-electron chi connectivity index (χ4n) is 4.92. The number of piperazine rings is 1. The zero-order valence-electron chi connectivity index (χ0n) is 22.2. The normalized spacial score (nSPS) is 17.4. The van der Waals surface area contributed by atoms with Gasteiger partial charge in [0.2, 0.25) is 6.54 Å². The van der Waals surface area contributed by atoms with Crippen molar-refractivity contribution in [1.82, 2.24) is 15.1 Å². The highest BCUT2D eigenvalue weighted by Gasteiger charge is 2.41. The summed E-state index contributed by atoms with van der Waals surface area (Å²) < 4.78 is 6.91. The van der Waals surface area contributed by atoms with Crippen LogP contribution in [-0.4, -0.2) is 82.2 Å². The second kappa shape index (κ2) is 12.2. The summed E-state index contributed by atoms with van der Waals surface area (Å²) >= 11 is 0. The molecule has 4 rings (SSSR count). The van der Waals surface area contributed by atoms with E-state index in [1.54, 1.807) is 25.3 Å². The van der Waals surface area contributed by atoms with Crippen molar-refractivity contribution in [2.24, 2.45) is 5.73 Å². The molecule has 1 saturated heterocycles. The first kappa shape index (κ1) is 29.2. The second-order valence-corrected chi connectivity index (χ2v) is 9.74. The number of primary amides is 1. The van der Waals surface area contributed by atoms with Gasteiger partial charge in [0.05, 0.1) is 5.56 Å². The Bertz CT molecular complexity index is 1420. The molecule has 214 valence electrons. The van der Waals surface area contributed by atoms with E-state index in [0.29, 0.717) is 12.1 Å². The predicted octanol–water partition coefficient (Wildman–Crippen LogP) is -0.956. The van der Waals surface area contributed by atoms with E-state index in [9.17, 15) is 38.9 Å². The first-order valence-electron chi connectivity index (χ1n) is 12.9. The maximum Gasteiger partial charge on any atom is 0.526 e. The van der Waals surface area contributed by atoms with Gasteiger partial charge in [0.1, 0.15) is 11.8 Å². The number of carbonyl (C=O) groups excluding carboxylic acids is 5. The highest BCUT2D eigenvalue weighted by molar-refractivity contribution is 6.47. The molecule has 15 heteroatoms. The third kappa shape index (κ3) is 6.35. The number of likely N-dealkylation sites (N-methyl/N-ethyl adjacent to an activating group) is 1. The number of aromatic carboxylic acids is 1. The molecule has 2 aliphatic heterocycles. The Kier molecular flexibility index (Phi) is 8.66. The van der Waals surface area contributed by atoms with Crippen LogP contribution in [0.15, 0.2) is 42.7 Å². The van der Waals surface area contributed by atoms with Crippen molar-refractivity contribution in [3.05, 3.63) is 59.4 Å². The minimum atomic E-state index is -1.51. The van der Waals surface area contributed by atoms with Gasteiger partial charge in [-0.15, -0.1) is 0 Å². The summed E-state index contributed by atoms with van der Waals surface area (Å²) in [6, 6.07) is 5.28. The molecule has 1 aromatic heterocycles. The van der Waals surface area contributed by atoms with Gasteiger partial charge in [-0.25, -0.2) is 9.59 Å². The molecule has 41 heavy (non-hydrogen) atoms. The topological polar surface area (TPSA) is 201 Å². The lowest BCUT2D eigenvalue weighted by Crippen LogP contribution is -2.58. The molecule has 0 radical (unpaired) electrons. The summed E-state index contributed by atoms with van der Waals surface area (Å²) in [5, 5.41) is 22.6. The van der Waals surface area contributed by atoms with E-state index in [4.69, 9.17) is 10.4 Å². The van der Waals surface area contributed by atoms with E-state index in [1.165, 1.54) is 33.9 Å². The number of benzene rings is 1. The number of carbonyl (C=O) groups is 6. The molecule has 2 aromatic rings. The molecule has 3 heterocycles. The molecular formula is C26H29BN5O9+. The number of imide groups is 1. The number of Topliss-reactive ketones (excluding diaryl/α,β-unsaturated/α-hetero) is 1. The number of pyridine rings is 1. The number of nitrogens with two attached hydrogens (primary N) is 1. The standard InChI is InChI=1S/C26H28BN5O9/c1-2-31-9-10-32(24(36)23(31)35)26(39)29-21(16-6-4-8-30(13-16)14-20(28)34)19(33)12-17-11-15-5-3-7-18(25(37)38)22(15)41-27(17)40/h3-8,13,17,21,40H,2,9-12,14H2,1H3,(H3-,28,29,34,37,38,39)/p+1/t17-,21?/m1/s1. The third-order valence-electron chi connectivity index (χ3n) is 6.99. The molecule has 0 aliphatic carbocycles. The Morgan fingerprint density at radius 1 is 1.17 bits per heavy atom. The largest absolute Gasteiger partial charge is 0.535 e. The number of amides is 5. The first-order chi connectivity index (χ1) is 19.5. The Hall–Kier alpha value is -4.79. The number of rotatable bonds is 9. The Balaban J connectivity index is 1.59. The Morgan fingerprint density at radius 3 is 2.61 bits per heavy atom. The quantitative estimate of drug-likeness (QED) is 0.168. The lowest BCUT2D eigenvalue weighted by molar-refractivity contribution is -0.684. The molecule has 2 atom stereocenters. The first-order valence-corrected chi connectivity index (χ1v) is 12.9. The van der Waals surface area contributed by atoms with Crippen LogP contribution in [0.2, 0.25) is 5.82 Å². The van der Waals surface area contributed by atoms with Gasteiger partial charge >= 0.3 is 30.9 Å². The van der Waals surface area contributed by atoms with Crippen molar-refractivity contribution in [2.45, 2.75) is 38.2 Å². The van der Waals surface area contributed by atoms with Crippen LogP contribution in [0, 0.1) is 0 Å². The van der Waals surface area contributed by atoms with Crippen molar-refractivity contribution < 1.29 is 48.1 Å². The lowest BCUT2D eigenvalue weighted by Gasteiger charge is -2.33. The van der Waals surface area contributed by atoms with E-state index in [1.807, 2.05) is 0 Å². The van der Waals surface area contributed by atoms with Gasteiger partial charge in [-0.05, 0) is 31.0 Å². The van der Waals surface area contributed by atoms with Gasteiger partial charge < -0.3 is 30.7 Å². The fraction of sp³-hybridized carbons (Fsp3) is 0.346. The number of carboxylic acids is 1. The number of carboxylic acid groups (broad SMARTS) is 1. The lowest BCUT2D eigenvalue weighted by atomic mass is 9.64.